The fourth-order valence-corrected chi connectivity index (χ4v) is 2.88. The molecule has 1 aromatic carbocycles. The van der Waals surface area contributed by atoms with Crippen molar-refractivity contribution in [1.29, 1.82) is 0 Å². The monoisotopic (exact) mass is 384 g/mol. The van der Waals surface area contributed by atoms with Crippen molar-refractivity contribution in [1.82, 2.24) is 20.4 Å². The summed E-state index contributed by atoms with van der Waals surface area (Å²) in [5.41, 5.74) is 0.434. The molecule has 1 aliphatic heterocycles. The normalized spacial score (nSPS) is 16.8. The molecule has 0 bridgehead atoms. The molecule has 0 saturated carbocycles. The van der Waals surface area contributed by atoms with E-state index in [2.05, 4.69) is 15.7 Å². The van der Waals surface area contributed by atoms with E-state index in [1.165, 1.54) is 0 Å². The highest BCUT2D eigenvalue weighted by atomic mass is 35.5. The lowest BCUT2D eigenvalue weighted by Gasteiger charge is -2.22. The summed E-state index contributed by atoms with van der Waals surface area (Å²) in [6.45, 7) is 2.73. The van der Waals surface area contributed by atoms with Crippen LogP contribution in [0.3, 0.4) is 0 Å². The summed E-state index contributed by atoms with van der Waals surface area (Å²) in [5, 5.41) is 11.2. The van der Waals surface area contributed by atoms with Gasteiger partial charge in [0.2, 0.25) is 0 Å². The number of nitrogens with one attached hydrogen (secondary N) is 2. The van der Waals surface area contributed by atoms with Gasteiger partial charge in [0, 0.05) is 17.8 Å². The zero-order valence-corrected chi connectivity index (χ0v) is 15.4. The molecular formula is C17H22Cl2N4O2. The summed E-state index contributed by atoms with van der Waals surface area (Å²) in [4.78, 5) is 12.1. The number of carbonyl (C=O) groups excluding carboxylic acids is 1. The average molecular weight is 385 g/mol. The Labute approximate surface area is 158 Å². The van der Waals surface area contributed by atoms with Crippen LogP contribution in [0, 0.1) is 0 Å². The van der Waals surface area contributed by atoms with Crippen molar-refractivity contribution in [3.63, 3.8) is 0 Å². The number of piperidine rings is 1. The molecule has 1 amide bonds. The van der Waals surface area contributed by atoms with Crippen LogP contribution < -0.4 is 15.4 Å². The molecule has 8 heteroatoms. The topological polar surface area (TPSA) is 68.2 Å². The van der Waals surface area contributed by atoms with E-state index in [9.17, 15) is 4.79 Å². The Bertz CT molecular complexity index is 687. The molecule has 1 unspecified atom stereocenters. The maximum Gasteiger partial charge on any atom is 0.271 e. The van der Waals surface area contributed by atoms with Gasteiger partial charge in [-0.3, -0.25) is 9.48 Å². The molecule has 3 rings (SSSR count). The van der Waals surface area contributed by atoms with Gasteiger partial charge in [0.1, 0.15) is 18.1 Å². The second-order valence-corrected chi connectivity index (χ2v) is 6.18. The molecule has 2 aromatic rings. The van der Waals surface area contributed by atoms with Crippen LogP contribution in [0.2, 0.25) is 5.02 Å². The summed E-state index contributed by atoms with van der Waals surface area (Å²) in [6, 6.07) is 9.25. The molecule has 6 nitrogen and oxygen atoms in total. The van der Waals surface area contributed by atoms with Crippen LogP contribution in [-0.2, 0) is 0 Å². The Balaban J connectivity index is 0.00000225. The van der Waals surface area contributed by atoms with Crippen molar-refractivity contribution < 1.29 is 9.53 Å². The number of hydrogen-bond donors (Lipinski definition) is 2. The van der Waals surface area contributed by atoms with Gasteiger partial charge >= 0.3 is 0 Å². The maximum absolute atomic E-state index is 12.1. The SMILES string of the molecule is Cl.O=C(NCCOc1cccc(Cl)c1)c1ccn(C2CCCNC2)n1. The number of rotatable bonds is 6. The molecule has 2 N–H and O–H groups in total. The van der Waals surface area contributed by atoms with Crippen LogP contribution in [0.4, 0.5) is 0 Å². The van der Waals surface area contributed by atoms with Crippen molar-refractivity contribution >= 4 is 29.9 Å². The van der Waals surface area contributed by atoms with Gasteiger partial charge in [-0.2, -0.15) is 5.10 Å². The van der Waals surface area contributed by atoms with E-state index in [0.29, 0.717) is 35.7 Å². The molecule has 25 heavy (non-hydrogen) atoms. The minimum Gasteiger partial charge on any atom is -0.492 e. The van der Waals surface area contributed by atoms with E-state index >= 15 is 0 Å². The molecule has 1 saturated heterocycles. The molecular weight excluding hydrogens is 363 g/mol. The first-order chi connectivity index (χ1) is 11.7. The van der Waals surface area contributed by atoms with Crippen LogP contribution in [0.15, 0.2) is 36.5 Å². The fraction of sp³-hybridized carbons (Fsp3) is 0.412. The van der Waals surface area contributed by atoms with E-state index in [0.717, 1.165) is 25.9 Å². The van der Waals surface area contributed by atoms with Crippen molar-refractivity contribution in [2.45, 2.75) is 18.9 Å². The van der Waals surface area contributed by atoms with Gasteiger partial charge in [0.15, 0.2) is 0 Å². The van der Waals surface area contributed by atoms with Crippen LogP contribution in [0.5, 0.6) is 5.75 Å². The van der Waals surface area contributed by atoms with Gasteiger partial charge in [-0.1, -0.05) is 17.7 Å². The van der Waals surface area contributed by atoms with Crippen molar-refractivity contribution in [2.75, 3.05) is 26.2 Å². The first kappa shape index (κ1) is 19.6. The predicted octanol–water partition coefficient (Wildman–Crippen LogP) is 2.69. The zero-order chi connectivity index (χ0) is 16.8. The zero-order valence-electron chi connectivity index (χ0n) is 13.8. The molecule has 0 spiro atoms. The first-order valence-electron chi connectivity index (χ1n) is 8.15. The van der Waals surface area contributed by atoms with Crippen molar-refractivity contribution in [2.24, 2.45) is 0 Å². The molecule has 1 fully saturated rings. The van der Waals surface area contributed by atoms with Gasteiger partial charge in [-0.15, -0.1) is 12.4 Å². The number of benzene rings is 1. The summed E-state index contributed by atoms with van der Waals surface area (Å²) in [5.74, 6) is 0.498. The van der Waals surface area contributed by atoms with Crippen molar-refractivity contribution in [3.05, 3.63) is 47.2 Å². The lowest BCUT2D eigenvalue weighted by Crippen LogP contribution is -2.32. The number of halogens is 2. The van der Waals surface area contributed by atoms with Crippen molar-refractivity contribution in [3.8, 4) is 5.75 Å². The van der Waals surface area contributed by atoms with E-state index in [1.807, 2.05) is 23.0 Å². The Morgan fingerprint density at radius 1 is 1.44 bits per heavy atom. The highest BCUT2D eigenvalue weighted by Gasteiger charge is 2.17. The van der Waals surface area contributed by atoms with Crippen LogP contribution in [0.25, 0.3) is 0 Å². The molecule has 2 heterocycles. The Hall–Kier alpha value is -1.76. The third kappa shape index (κ3) is 5.63. The summed E-state index contributed by atoms with van der Waals surface area (Å²) in [7, 11) is 0. The largest absolute Gasteiger partial charge is 0.492 e. The van der Waals surface area contributed by atoms with Gasteiger partial charge in [0.25, 0.3) is 5.91 Å². The highest BCUT2D eigenvalue weighted by molar-refractivity contribution is 6.30. The van der Waals surface area contributed by atoms with Crippen LogP contribution in [0.1, 0.15) is 29.4 Å². The van der Waals surface area contributed by atoms with Crippen LogP contribution >= 0.6 is 24.0 Å². The van der Waals surface area contributed by atoms with Gasteiger partial charge < -0.3 is 15.4 Å². The predicted molar refractivity (Wildman–Crippen MR) is 99.9 cm³/mol. The Morgan fingerprint density at radius 2 is 2.32 bits per heavy atom. The second-order valence-electron chi connectivity index (χ2n) is 5.74. The third-order valence-electron chi connectivity index (χ3n) is 3.94. The second kappa shape index (κ2) is 9.65. The fourth-order valence-electron chi connectivity index (χ4n) is 2.70. The van der Waals surface area contributed by atoms with E-state index < -0.39 is 0 Å². The van der Waals surface area contributed by atoms with Gasteiger partial charge in [-0.05, 0) is 43.7 Å². The number of nitrogens with zero attached hydrogens (tertiary/aromatic N) is 2. The molecule has 1 aliphatic rings. The molecule has 1 aromatic heterocycles. The van der Waals surface area contributed by atoms with E-state index in [-0.39, 0.29) is 18.3 Å². The lowest BCUT2D eigenvalue weighted by atomic mass is 10.1. The maximum atomic E-state index is 12.1. The minimum atomic E-state index is -0.188. The molecule has 0 radical (unpaired) electrons. The quantitative estimate of drug-likeness (QED) is 0.751. The van der Waals surface area contributed by atoms with Gasteiger partial charge in [0.05, 0.1) is 12.6 Å². The molecule has 0 aliphatic carbocycles. The highest BCUT2D eigenvalue weighted by Crippen LogP contribution is 2.17. The smallest absolute Gasteiger partial charge is 0.271 e. The van der Waals surface area contributed by atoms with E-state index in [4.69, 9.17) is 16.3 Å². The average Bonchev–Trinajstić information content (AvgIpc) is 3.10. The first-order valence-corrected chi connectivity index (χ1v) is 8.52. The number of hydrogen-bond acceptors (Lipinski definition) is 4. The summed E-state index contributed by atoms with van der Waals surface area (Å²) >= 11 is 5.89. The number of aromatic nitrogens is 2. The Morgan fingerprint density at radius 3 is 3.08 bits per heavy atom. The molecule has 1 atom stereocenters. The number of carbonyl (C=O) groups is 1. The summed E-state index contributed by atoms with van der Waals surface area (Å²) in [6.07, 6.45) is 4.09. The minimum absolute atomic E-state index is 0. The lowest BCUT2D eigenvalue weighted by molar-refractivity contribution is 0.0940. The van der Waals surface area contributed by atoms with E-state index in [1.54, 1.807) is 18.2 Å². The number of ether oxygens (including phenoxy) is 1. The number of amides is 1. The summed E-state index contributed by atoms with van der Waals surface area (Å²) < 4.78 is 7.42. The standard InChI is InChI=1S/C17H21ClN4O2.ClH/c18-13-3-1-5-15(11-13)24-10-8-20-17(23)16-6-9-22(21-16)14-4-2-7-19-12-14;/h1,3,5-6,9,11,14,19H,2,4,7-8,10,12H2,(H,20,23);1H. The van der Waals surface area contributed by atoms with Crippen LogP contribution in [-0.4, -0.2) is 41.9 Å². The third-order valence-corrected chi connectivity index (χ3v) is 4.17. The Kier molecular flexibility index (Phi) is 7.55. The van der Waals surface area contributed by atoms with Gasteiger partial charge in [-0.25, -0.2) is 0 Å². The molecule has 136 valence electrons.